The third kappa shape index (κ3) is 5.95. The fraction of sp³-hybridized carbons (Fsp3) is 0.500. The molecule has 0 bridgehead atoms. The Morgan fingerprint density at radius 3 is 2.29 bits per heavy atom. The molecule has 1 rings (SSSR count). The predicted octanol–water partition coefficient (Wildman–Crippen LogP) is 2.72. The zero-order valence-electron chi connectivity index (χ0n) is 13.0. The van der Waals surface area contributed by atoms with E-state index in [1.165, 1.54) is 12.5 Å². The van der Waals surface area contributed by atoms with Gasteiger partial charge in [-0.25, -0.2) is 4.79 Å². The monoisotopic (exact) mass is 293 g/mol. The molecule has 1 aromatic rings. The first kappa shape index (κ1) is 17.2. The lowest BCUT2D eigenvalue weighted by Crippen LogP contribution is -2.31. The highest BCUT2D eigenvalue weighted by Gasteiger charge is 2.17. The second-order valence-electron chi connectivity index (χ2n) is 5.04. The van der Waals surface area contributed by atoms with E-state index in [4.69, 9.17) is 9.47 Å². The van der Waals surface area contributed by atoms with Crippen LogP contribution in [0.25, 0.3) is 0 Å². The van der Waals surface area contributed by atoms with Crippen LogP contribution < -0.4 is 5.32 Å². The van der Waals surface area contributed by atoms with Crippen LogP contribution in [-0.4, -0.2) is 31.2 Å². The highest BCUT2D eigenvalue weighted by atomic mass is 16.6. The maximum absolute atomic E-state index is 11.9. The van der Waals surface area contributed by atoms with Gasteiger partial charge < -0.3 is 14.8 Å². The largest absolute Gasteiger partial charge is 0.451 e. The molecule has 0 saturated carbocycles. The van der Waals surface area contributed by atoms with E-state index in [1.807, 2.05) is 24.3 Å². The van der Waals surface area contributed by atoms with E-state index in [9.17, 15) is 9.59 Å². The number of anilines is 1. The molecule has 0 aliphatic heterocycles. The number of nitrogens with one attached hydrogen (secondary N) is 1. The van der Waals surface area contributed by atoms with E-state index in [-0.39, 0.29) is 12.5 Å². The van der Waals surface area contributed by atoms with Crippen molar-refractivity contribution in [3.63, 3.8) is 0 Å². The summed E-state index contributed by atoms with van der Waals surface area (Å²) in [5, 5.41) is 2.71. The summed E-state index contributed by atoms with van der Waals surface area (Å²) in [5.41, 5.74) is 1.88. The highest BCUT2D eigenvalue weighted by molar-refractivity contribution is 5.95. The molecule has 116 valence electrons. The Bertz CT molecular complexity index is 468. The van der Waals surface area contributed by atoms with Gasteiger partial charge in [-0.3, -0.25) is 4.79 Å². The molecule has 1 N–H and O–H groups in total. The first-order chi connectivity index (χ1) is 9.93. The average molecular weight is 293 g/mol. The molecule has 1 atom stereocenters. The van der Waals surface area contributed by atoms with Crippen LogP contribution in [0.4, 0.5) is 5.69 Å². The summed E-state index contributed by atoms with van der Waals surface area (Å²) >= 11 is 0. The molecular weight excluding hydrogens is 270 g/mol. The second-order valence-corrected chi connectivity index (χ2v) is 5.04. The Hall–Kier alpha value is -1.88. The molecule has 0 heterocycles. The third-order valence-corrected chi connectivity index (χ3v) is 2.95. The molecule has 21 heavy (non-hydrogen) atoms. The lowest BCUT2D eigenvalue weighted by atomic mass is 10.0. The van der Waals surface area contributed by atoms with Crippen molar-refractivity contribution in [1.82, 2.24) is 0 Å². The van der Waals surface area contributed by atoms with Gasteiger partial charge in [0.15, 0.2) is 6.10 Å². The number of esters is 1. The molecule has 0 aliphatic carbocycles. The van der Waals surface area contributed by atoms with Crippen molar-refractivity contribution >= 4 is 17.6 Å². The molecule has 1 amide bonds. The fourth-order valence-electron chi connectivity index (χ4n) is 1.67. The Morgan fingerprint density at radius 2 is 1.76 bits per heavy atom. The summed E-state index contributed by atoms with van der Waals surface area (Å²) < 4.78 is 9.90. The molecule has 0 radical (unpaired) electrons. The quantitative estimate of drug-likeness (QED) is 0.785. The summed E-state index contributed by atoms with van der Waals surface area (Å²) in [6.07, 6.45) is -0.859. The van der Waals surface area contributed by atoms with E-state index >= 15 is 0 Å². The first-order valence-corrected chi connectivity index (χ1v) is 7.12. The zero-order valence-corrected chi connectivity index (χ0v) is 13.0. The molecule has 0 spiro atoms. The molecule has 0 unspecified atom stereocenters. The molecule has 0 saturated heterocycles. The van der Waals surface area contributed by atoms with Crippen molar-refractivity contribution in [1.29, 1.82) is 0 Å². The molecule has 0 aromatic heterocycles. The fourth-order valence-corrected chi connectivity index (χ4v) is 1.67. The molecule has 5 nitrogen and oxygen atoms in total. The summed E-state index contributed by atoms with van der Waals surface area (Å²) in [5.74, 6) is -0.472. The van der Waals surface area contributed by atoms with Crippen molar-refractivity contribution in [2.75, 3.05) is 18.5 Å². The topological polar surface area (TPSA) is 64.6 Å². The summed E-state index contributed by atoms with van der Waals surface area (Å²) in [7, 11) is 0. The van der Waals surface area contributed by atoms with E-state index in [2.05, 4.69) is 19.2 Å². The zero-order chi connectivity index (χ0) is 15.8. The first-order valence-electron chi connectivity index (χ1n) is 7.12. The Morgan fingerprint density at radius 1 is 1.14 bits per heavy atom. The van der Waals surface area contributed by atoms with Gasteiger partial charge >= 0.3 is 5.97 Å². The van der Waals surface area contributed by atoms with Crippen LogP contribution in [0, 0.1) is 0 Å². The van der Waals surface area contributed by atoms with Crippen molar-refractivity contribution < 1.29 is 19.1 Å². The number of hydrogen-bond donors (Lipinski definition) is 1. The molecule has 5 heteroatoms. The van der Waals surface area contributed by atoms with Gasteiger partial charge in [0.2, 0.25) is 0 Å². The van der Waals surface area contributed by atoms with Gasteiger partial charge in [-0.05, 0) is 37.5 Å². The van der Waals surface area contributed by atoms with Crippen molar-refractivity contribution in [3.8, 4) is 0 Å². The van der Waals surface area contributed by atoms with Crippen LogP contribution >= 0.6 is 0 Å². The molecular formula is C16H23NO4. The lowest BCUT2D eigenvalue weighted by Gasteiger charge is -2.14. The normalized spacial score (nSPS) is 12.0. The van der Waals surface area contributed by atoms with Gasteiger partial charge in [-0.2, -0.15) is 0 Å². The minimum absolute atomic E-state index is 0.142. The van der Waals surface area contributed by atoms with Crippen LogP contribution in [0.5, 0.6) is 0 Å². The van der Waals surface area contributed by atoms with Crippen LogP contribution in [0.2, 0.25) is 0 Å². The van der Waals surface area contributed by atoms with Gasteiger partial charge in [0.25, 0.3) is 5.91 Å². The van der Waals surface area contributed by atoms with Gasteiger partial charge in [0.1, 0.15) is 6.61 Å². The number of carbonyl (C=O) groups excluding carboxylic acids is 2. The minimum atomic E-state index is -0.859. The Balaban J connectivity index is 2.50. The third-order valence-electron chi connectivity index (χ3n) is 2.95. The molecule has 0 fully saturated rings. The van der Waals surface area contributed by atoms with Crippen molar-refractivity contribution in [3.05, 3.63) is 29.8 Å². The maximum Gasteiger partial charge on any atom is 0.332 e. The second kappa shape index (κ2) is 8.42. The van der Waals surface area contributed by atoms with E-state index in [0.29, 0.717) is 18.2 Å². The molecule has 1 aromatic carbocycles. The van der Waals surface area contributed by atoms with Crippen LogP contribution in [-0.2, 0) is 19.1 Å². The maximum atomic E-state index is 11.9. The highest BCUT2D eigenvalue weighted by Crippen LogP contribution is 2.17. The molecule has 0 aliphatic rings. The van der Waals surface area contributed by atoms with Crippen LogP contribution in [0.1, 0.15) is 39.2 Å². The summed E-state index contributed by atoms with van der Waals surface area (Å²) in [6.45, 7) is 7.81. The average Bonchev–Trinajstić information content (AvgIpc) is 2.45. The number of amides is 1. The predicted molar refractivity (Wildman–Crippen MR) is 81.2 cm³/mol. The van der Waals surface area contributed by atoms with Gasteiger partial charge in [-0.15, -0.1) is 0 Å². The van der Waals surface area contributed by atoms with E-state index < -0.39 is 12.1 Å². The van der Waals surface area contributed by atoms with Crippen LogP contribution in [0.3, 0.4) is 0 Å². The summed E-state index contributed by atoms with van der Waals surface area (Å²) in [4.78, 5) is 23.3. The SMILES string of the molecule is CCOCC(=O)O[C@@H](C)C(=O)Nc1ccc(C(C)C)cc1. The van der Waals surface area contributed by atoms with Gasteiger partial charge in [-0.1, -0.05) is 26.0 Å². The Kier molecular flexibility index (Phi) is 6.88. The Labute approximate surface area is 125 Å². The number of carbonyl (C=O) groups is 2. The lowest BCUT2D eigenvalue weighted by molar-refractivity contribution is -0.157. The number of benzene rings is 1. The number of ether oxygens (including phenoxy) is 2. The number of hydrogen-bond acceptors (Lipinski definition) is 4. The van der Waals surface area contributed by atoms with Crippen molar-refractivity contribution in [2.24, 2.45) is 0 Å². The smallest absolute Gasteiger partial charge is 0.332 e. The van der Waals surface area contributed by atoms with E-state index in [1.54, 1.807) is 6.92 Å². The summed E-state index contributed by atoms with van der Waals surface area (Å²) in [6, 6.07) is 7.60. The van der Waals surface area contributed by atoms with Gasteiger partial charge in [0, 0.05) is 12.3 Å². The number of rotatable bonds is 7. The minimum Gasteiger partial charge on any atom is -0.451 e. The van der Waals surface area contributed by atoms with Crippen molar-refractivity contribution in [2.45, 2.75) is 39.7 Å². The standard InChI is InChI=1S/C16H23NO4/c1-5-20-10-15(18)21-12(4)16(19)17-14-8-6-13(7-9-14)11(2)3/h6-9,11-12H,5,10H2,1-4H3,(H,17,19)/t12-/m0/s1. The van der Waals surface area contributed by atoms with Crippen LogP contribution in [0.15, 0.2) is 24.3 Å². The van der Waals surface area contributed by atoms with Gasteiger partial charge in [0.05, 0.1) is 0 Å². The van der Waals surface area contributed by atoms with E-state index in [0.717, 1.165) is 0 Å².